The summed E-state index contributed by atoms with van der Waals surface area (Å²) in [6.07, 6.45) is 3.17. The molecule has 5 nitrogen and oxygen atoms in total. The number of aliphatic hydroxyl groups is 1. The number of aliphatic hydroxyl groups excluding tert-OH is 1. The van der Waals surface area contributed by atoms with Gasteiger partial charge in [0.1, 0.15) is 0 Å². The van der Waals surface area contributed by atoms with Gasteiger partial charge in [-0.25, -0.2) is 0 Å². The maximum Gasteiger partial charge on any atom is 0.257 e. The molecule has 0 spiro atoms. The molecule has 0 radical (unpaired) electrons. The minimum absolute atomic E-state index is 0.137. The van der Waals surface area contributed by atoms with Gasteiger partial charge in [-0.3, -0.25) is 4.79 Å². The zero-order chi connectivity index (χ0) is 15.4. The molecule has 0 heterocycles. The van der Waals surface area contributed by atoms with E-state index < -0.39 is 6.10 Å². The number of rotatable bonds is 4. The predicted octanol–water partition coefficient (Wildman–Crippen LogP) is 2.08. The second kappa shape index (κ2) is 6.80. The average molecular weight is 293 g/mol. The number of methoxy groups -OCH3 is 2. The summed E-state index contributed by atoms with van der Waals surface area (Å²) in [5, 5.41) is 10.1. The van der Waals surface area contributed by atoms with Crippen LogP contribution in [0.2, 0.25) is 0 Å². The maximum absolute atomic E-state index is 12.7. The highest BCUT2D eigenvalue weighted by molar-refractivity contribution is 5.97. The summed E-state index contributed by atoms with van der Waals surface area (Å²) < 4.78 is 10.5. The molecule has 2 rings (SSSR count). The van der Waals surface area contributed by atoms with Crippen LogP contribution in [-0.4, -0.2) is 49.3 Å². The van der Waals surface area contributed by atoms with Crippen LogP contribution in [0, 0.1) is 0 Å². The molecule has 1 aromatic rings. The van der Waals surface area contributed by atoms with Crippen molar-refractivity contribution in [2.75, 3.05) is 21.3 Å². The second-order valence-electron chi connectivity index (χ2n) is 5.38. The van der Waals surface area contributed by atoms with Gasteiger partial charge in [0.05, 0.1) is 31.9 Å². The molecule has 21 heavy (non-hydrogen) atoms. The Morgan fingerprint density at radius 1 is 1.24 bits per heavy atom. The van der Waals surface area contributed by atoms with Gasteiger partial charge in [0.25, 0.3) is 5.91 Å². The molecule has 1 amide bonds. The van der Waals surface area contributed by atoms with Gasteiger partial charge < -0.3 is 19.5 Å². The summed E-state index contributed by atoms with van der Waals surface area (Å²) in [5.74, 6) is 0.805. The lowest BCUT2D eigenvalue weighted by Gasteiger charge is -2.35. The Labute approximate surface area is 125 Å². The largest absolute Gasteiger partial charge is 0.493 e. The summed E-state index contributed by atoms with van der Waals surface area (Å²) in [6.45, 7) is 0. The molecule has 0 aromatic heterocycles. The monoisotopic (exact) mass is 293 g/mol. The van der Waals surface area contributed by atoms with E-state index in [0.29, 0.717) is 17.1 Å². The van der Waals surface area contributed by atoms with Crippen molar-refractivity contribution < 1.29 is 19.4 Å². The number of nitrogens with zero attached hydrogens (tertiary/aromatic N) is 1. The van der Waals surface area contributed by atoms with Crippen LogP contribution in [0.4, 0.5) is 0 Å². The highest BCUT2D eigenvalue weighted by Gasteiger charge is 2.31. The highest BCUT2D eigenvalue weighted by Crippen LogP contribution is 2.32. The lowest BCUT2D eigenvalue weighted by Crippen LogP contribution is -2.46. The summed E-state index contributed by atoms with van der Waals surface area (Å²) >= 11 is 0. The molecule has 1 aliphatic carbocycles. The Morgan fingerprint density at radius 3 is 2.57 bits per heavy atom. The van der Waals surface area contributed by atoms with Gasteiger partial charge in [0.15, 0.2) is 11.5 Å². The van der Waals surface area contributed by atoms with Crippen LogP contribution in [-0.2, 0) is 0 Å². The van der Waals surface area contributed by atoms with Gasteiger partial charge in [-0.1, -0.05) is 18.9 Å². The average Bonchev–Trinajstić information content (AvgIpc) is 2.53. The number of likely N-dealkylation sites (N-methyl/N-ethyl adjacent to an activating group) is 1. The number of para-hydroxylation sites is 1. The number of carbonyl (C=O) groups is 1. The molecule has 5 heteroatoms. The topological polar surface area (TPSA) is 59.0 Å². The van der Waals surface area contributed by atoms with Gasteiger partial charge in [0, 0.05) is 7.05 Å². The molecule has 2 unspecified atom stereocenters. The number of ether oxygens (including phenoxy) is 2. The molecule has 0 bridgehead atoms. The van der Waals surface area contributed by atoms with Gasteiger partial charge in [-0.15, -0.1) is 0 Å². The van der Waals surface area contributed by atoms with Gasteiger partial charge in [-0.2, -0.15) is 0 Å². The fraction of sp³-hybridized carbons (Fsp3) is 0.562. The van der Waals surface area contributed by atoms with E-state index in [2.05, 4.69) is 0 Å². The standard InChI is InChI=1S/C16H23NO4/c1-17(12-8-4-5-9-13(12)18)16(19)11-7-6-10-14(20-2)15(11)21-3/h6-7,10,12-13,18H,4-5,8-9H2,1-3H3. The van der Waals surface area contributed by atoms with Crippen LogP contribution >= 0.6 is 0 Å². The van der Waals surface area contributed by atoms with E-state index in [1.54, 1.807) is 37.3 Å². The number of carbonyl (C=O) groups excluding carboxylic acids is 1. The second-order valence-corrected chi connectivity index (χ2v) is 5.38. The van der Waals surface area contributed by atoms with E-state index in [9.17, 15) is 9.90 Å². The van der Waals surface area contributed by atoms with Crippen molar-refractivity contribution in [2.45, 2.75) is 37.8 Å². The molecule has 1 fully saturated rings. The predicted molar refractivity (Wildman–Crippen MR) is 79.9 cm³/mol. The Morgan fingerprint density at radius 2 is 1.95 bits per heavy atom. The smallest absolute Gasteiger partial charge is 0.257 e. The minimum atomic E-state index is -0.454. The van der Waals surface area contributed by atoms with Crippen LogP contribution in [0.15, 0.2) is 18.2 Å². The fourth-order valence-corrected chi connectivity index (χ4v) is 2.94. The number of benzene rings is 1. The summed E-state index contributed by atoms with van der Waals surface area (Å²) in [5.41, 5.74) is 0.456. The van der Waals surface area contributed by atoms with Crippen molar-refractivity contribution in [3.05, 3.63) is 23.8 Å². The first-order valence-corrected chi connectivity index (χ1v) is 7.26. The molecule has 1 saturated carbocycles. The van der Waals surface area contributed by atoms with Crippen LogP contribution in [0.5, 0.6) is 11.5 Å². The van der Waals surface area contributed by atoms with E-state index in [4.69, 9.17) is 9.47 Å². The number of amides is 1. The lowest BCUT2D eigenvalue weighted by molar-refractivity contribution is 0.0266. The van der Waals surface area contributed by atoms with Gasteiger partial charge in [0.2, 0.25) is 0 Å². The molecule has 116 valence electrons. The van der Waals surface area contributed by atoms with Crippen LogP contribution in [0.1, 0.15) is 36.0 Å². The Kier molecular flexibility index (Phi) is 5.07. The zero-order valence-corrected chi connectivity index (χ0v) is 12.8. The van der Waals surface area contributed by atoms with E-state index in [1.165, 1.54) is 7.11 Å². The Hall–Kier alpha value is -1.75. The number of hydrogen-bond acceptors (Lipinski definition) is 4. The molecule has 2 atom stereocenters. The molecular weight excluding hydrogens is 270 g/mol. The molecule has 0 aliphatic heterocycles. The van der Waals surface area contributed by atoms with Gasteiger partial charge >= 0.3 is 0 Å². The van der Waals surface area contributed by atoms with Crippen LogP contribution in [0.3, 0.4) is 0 Å². The quantitative estimate of drug-likeness (QED) is 0.923. The molecule has 1 N–H and O–H groups in total. The molecule has 1 aromatic carbocycles. The summed E-state index contributed by atoms with van der Waals surface area (Å²) in [7, 11) is 4.80. The summed E-state index contributed by atoms with van der Waals surface area (Å²) in [4.78, 5) is 14.3. The van der Waals surface area contributed by atoms with Crippen LogP contribution < -0.4 is 9.47 Å². The fourth-order valence-electron chi connectivity index (χ4n) is 2.94. The molecule has 1 aliphatic rings. The van der Waals surface area contributed by atoms with E-state index in [1.807, 2.05) is 0 Å². The minimum Gasteiger partial charge on any atom is -0.493 e. The third-order valence-corrected chi connectivity index (χ3v) is 4.15. The first-order valence-electron chi connectivity index (χ1n) is 7.26. The molecular formula is C16H23NO4. The van der Waals surface area contributed by atoms with Crippen LogP contribution in [0.25, 0.3) is 0 Å². The van der Waals surface area contributed by atoms with Crippen molar-refractivity contribution in [2.24, 2.45) is 0 Å². The highest BCUT2D eigenvalue weighted by atomic mass is 16.5. The van der Waals surface area contributed by atoms with Gasteiger partial charge in [-0.05, 0) is 25.0 Å². The van der Waals surface area contributed by atoms with Crippen molar-refractivity contribution in [1.82, 2.24) is 4.90 Å². The van der Waals surface area contributed by atoms with Crippen molar-refractivity contribution in [3.63, 3.8) is 0 Å². The SMILES string of the molecule is COc1cccc(C(=O)N(C)C2CCCCC2O)c1OC. The summed E-state index contributed by atoms with van der Waals surface area (Å²) in [6, 6.07) is 5.10. The first kappa shape index (κ1) is 15.6. The van der Waals surface area contributed by atoms with Crippen molar-refractivity contribution in [3.8, 4) is 11.5 Å². The van der Waals surface area contributed by atoms with E-state index in [-0.39, 0.29) is 11.9 Å². The first-order chi connectivity index (χ1) is 10.1. The normalized spacial score (nSPS) is 21.7. The number of hydrogen-bond donors (Lipinski definition) is 1. The van der Waals surface area contributed by atoms with E-state index in [0.717, 1.165) is 25.7 Å². The third kappa shape index (κ3) is 3.13. The Bertz CT molecular complexity index is 503. The van der Waals surface area contributed by atoms with E-state index >= 15 is 0 Å². The maximum atomic E-state index is 12.7. The lowest BCUT2D eigenvalue weighted by atomic mass is 9.91. The van der Waals surface area contributed by atoms with Crippen molar-refractivity contribution in [1.29, 1.82) is 0 Å². The third-order valence-electron chi connectivity index (χ3n) is 4.15. The Balaban J connectivity index is 2.26. The van der Waals surface area contributed by atoms with Crippen molar-refractivity contribution >= 4 is 5.91 Å². The zero-order valence-electron chi connectivity index (χ0n) is 12.8. The molecule has 0 saturated heterocycles.